The van der Waals surface area contributed by atoms with Gasteiger partial charge in [0.05, 0.1) is 23.7 Å². The molecule has 2 N–H and O–H groups in total. The number of benzene rings is 1. The number of ether oxygens (including phenoxy) is 1. The summed E-state index contributed by atoms with van der Waals surface area (Å²) in [6.07, 6.45) is 0. The molecule has 76 valence electrons. The van der Waals surface area contributed by atoms with Crippen molar-refractivity contribution in [2.24, 2.45) is 5.73 Å². The van der Waals surface area contributed by atoms with E-state index in [0.717, 1.165) is 0 Å². The first-order chi connectivity index (χ1) is 6.61. The number of nitrogens with two attached hydrogens (primary N) is 1. The van der Waals surface area contributed by atoms with E-state index in [1.807, 2.05) is 0 Å². The van der Waals surface area contributed by atoms with Crippen molar-refractivity contribution in [2.45, 2.75) is 0 Å². The zero-order valence-corrected chi connectivity index (χ0v) is 9.10. The normalized spacial score (nSPS) is 10.0. The minimum Gasteiger partial charge on any atom is -0.495 e. The van der Waals surface area contributed by atoms with E-state index in [1.54, 1.807) is 0 Å². The van der Waals surface area contributed by atoms with Gasteiger partial charge in [0.15, 0.2) is 5.78 Å². The molecule has 0 saturated carbocycles. The first-order valence-corrected chi connectivity index (χ1v) is 4.66. The lowest BCUT2D eigenvalue weighted by Gasteiger charge is -2.09. The fourth-order valence-electron chi connectivity index (χ4n) is 1.09. The standard InChI is InChI=1S/C9H9BrFNO2/c1-14-9-5(10)2-3-6(11)8(9)7(13)4-12/h2-3H,4,12H2,1H3. The van der Waals surface area contributed by atoms with Gasteiger partial charge in [0.2, 0.25) is 0 Å². The molecule has 0 bridgehead atoms. The second kappa shape index (κ2) is 4.52. The van der Waals surface area contributed by atoms with Gasteiger partial charge in [-0.05, 0) is 28.1 Å². The van der Waals surface area contributed by atoms with Gasteiger partial charge < -0.3 is 10.5 Å². The average molecular weight is 262 g/mol. The highest BCUT2D eigenvalue weighted by atomic mass is 79.9. The molecule has 14 heavy (non-hydrogen) atoms. The highest BCUT2D eigenvalue weighted by molar-refractivity contribution is 9.10. The van der Waals surface area contributed by atoms with Crippen LogP contribution < -0.4 is 10.5 Å². The number of hydrogen-bond acceptors (Lipinski definition) is 3. The Morgan fingerprint density at radius 2 is 2.29 bits per heavy atom. The molecule has 1 aromatic rings. The monoisotopic (exact) mass is 261 g/mol. The van der Waals surface area contributed by atoms with Crippen molar-refractivity contribution >= 4 is 21.7 Å². The first kappa shape index (κ1) is 11.1. The molecule has 1 aromatic carbocycles. The van der Waals surface area contributed by atoms with E-state index in [1.165, 1.54) is 19.2 Å². The van der Waals surface area contributed by atoms with Gasteiger partial charge in [-0.15, -0.1) is 0 Å². The molecular weight excluding hydrogens is 253 g/mol. The Hall–Kier alpha value is -0.940. The van der Waals surface area contributed by atoms with Crippen molar-refractivity contribution in [2.75, 3.05) is 13.7 Å². The third-order valence-corrected chi connectivity index (χ3v) is 2.35. The Morgan fingerprint density at radius 3 is 2.79 bits per heavy atom. The molecule has 3 nitrogen and oxygen atoms in total. The lowest BCUT2D eigenvalue weighted by molar-refractivity contribution is 0.0994. The van der Waals surface area contributed by atoms with E-state index in [4.69, 9.17) is 10.5 Å². The highest BCUT2D eigenvalue weighted by Crippen LogP contribution is 2.30. The van der Waals surface area contributed by atoms with Crippen LogP contribution in [0.1, 0.15) is 10.4 Å². The molecule has 5 heteroatoms. The van der Waals surface area contributed by atoms with E-state index in [0.29, 0.717) is 4.47 Å². The van der Waals surface area contributed by atoms with Crippen LogP contribution in [0.25, 0.3) is 0 Å². The van der Waals surface area contributed by atoms with Crippen molar-refractivity contribution in [3.05, 3.63) is 28.0 Å². The average Bonchev–Trinajstić information content (AvgIpc) is 2.19. The third kappa shape index (κ3) is 1.93. The predicted molar refractivity (Wildman–Crippen MR) is 54.0 cm³/mol. The van der Waals surface area contributed by atoms with Crippen molar-refractivity contribution in [1.29, 1.82) is 0 Å². The van der Waals surface area contributed by atoms with Gasteiger partial charge in [0.1, 0.15) is 11.6 Å². The molecule has 0 aliphatic rings. The fraction of sp³-hybridized carbons (Fsp3) is 0.222. The number of ketones is 1. The molecule has 0 atom stereocenters. The van der Waals surface area contributed by atoms with Crippen LogP contribution in [0, 0.1) is 5.82 Å². The second-order valence-electron chi connectivity index (χ2n) is 2.56. The van der Waals surface area contributed by atoms with Gasteiger partial charge in [-0.2, -0.15) is 0 Å². The Kier molecular flexibility index (Phi) is 3.60. The van der Waals surface area contributed by atoms with E-state index >= 15 is 0 Å². The predicted octanol–water partition coefficient (Wildman–Crippen LogP) is 1.74. The number of methoxy groups -OCH3 is 1. The van der Waals surface area contributed by atoms with Crippen LogP contribution in [0.3, 0.4) is 0 Å². The van der Waals surface area contributed by atoms with Crippen LogP contribution in [0.4, 0.5) is 4.39 Å². The summed E-state index contributed by atoms with van der Waals surface area (Å²) >= 11 is 3.15. The van der Waals surface area contributed by atoms with Gasteiger partial charge in [-0.25, -0.2) is 4.39 Å². The number of carbonyl (C=O) groups is 1. The molecule has 1 rings (SSSR count). The van der Waals surface area contributed by atoms with E-state index in [9.17, 15) is 9.18 Å². The minimum absolute atomic E-state index is 0.107. The molecule has 0 spiro atoms. The number of hydrogen-bond donors (Lipinski definition) is 1. The maximum Gasteiger partial charge on any atom is 0.183 e. The summed E-state index contributed by atoms with van der Waals surface area (Å²) in [7, 11) is 1.37. The molecule has 0 heterocycles. The Morgan fingerprint density at radius 1 is 1.64 bits per heavy atom. The molecule has 0 saturated heterocycles. The Labute approximate surface area is 89.2 Å². The summed E-state index contributed by atoms with van der Waals surface area (Å²) < 4.78 is 18.7. The molecule has 0 aliphatic heterocycles. The van der Waals surface area contributed by atoms with E-state index < -0.39 is 11.6 Å². The molecule has 0 radical (unpaired) electrons. The summed E-state index contributed by atoms with van der Waals surface area (Å²) in [5.74, 6) is -0.929. The van der Waals surface area contributed by atoms with Gasteiger partial charge in [0.25, 0.3) is 0 Å². The van der Waals surface area contributed by atoms with Crippen LogP contribution in [0.2, 0.25) is 0 Å². The summed E-state index contributed by atoms with van der Waals surface area (Å²) in [5.41, 5.74) is 5.05. The second-order valence-corrected chi connectivity index (χ2v) is 3.42. The summed E-state index contributed by atoms with van der Waals surface area (Å²) in [6, 6.07) is 2.66. The SMILES string of the molecule is COc1c(Br)ccc(F)c1C(=O)CN. The van der Waals surface area contributed by atoms with Gasteiger partial charge in [0, 0.05) is 0 Å². The zero-order valence-electron chi connectivity index (χ0n) is 7.51. The minimum atomic E-state index is -0.625. The first-order valence-electron chi connectivity index (χ1n) is 3.87. The zero-order chi connectivity index (χ0) is 10.7. The quantitative estimate of drug-likeness (QED) is 0.844. The number of halogens is 2. The van der Waals surface area contributed by atoms with Crippen LogP contribution in [0.5, 0.6) is 5.75 Å². The summed E-state index contributed by atoms with van der Waals surface area (Å²) in [6.45, 7) is -0.246. The molecular formula is C9H9BrFNO2. The molecule has 0 aliphatic carbocycles. The lowest BCUT2D eigenvalue weighted by atomic mass is 10.1. The molecule has 0 unspecified atom stereocenters. The maximum absolute atomic E-state index is 13.3. The largest absolute Gasteiger partial charge is 0.495 e. The highest BCUT2D eigenvalue weighted by Gasteiger charge is 2.18. The number of Topliss-reactive ketones (excluding diaryl/α,β-unsaturated/α-hetero) is 1. The van der Waals surface area contributed by atoms with Crippen LogP contribution in [-0.4, -0.2) is 19.4 Å². The van der Waals surface area contributed by atoms with Crippen LogP contribution >= 0.6 is 15.9 Å². The van der Waals surface area contributed by atoms with Gasteiger partial charge in [-0.3, -0.25) is 4.79 Å². The van der Waals surface area contributed by atoms with Crippen molar-refractivity contribution < 1.29 is 13.9 Å². The van der Waals surface area contributed by atoms with Crippen molar-refractivity contribution in [1.82, 2.24) is 0 Å². The number of carbonyl (C=O) groups excluding carboxylic acids is 1. The Balaban J connectivity index is 3.37. The van der Waals surface area contributed by atoms with Crippen molar-refractivity contribution in [3.63, 3.8) is 0 Å². The number of rotatable bonds is 3. The van der Waals surface area contributed by atoms with Crippen LogP contribution in [-0.2, 0) is 0 Å². The third-order valence-electron chi connectivity index (χ3n) is 1.73. The van der Waals surface area contributed by atoms with Crippen molar-refractivity contribution in [3.8, 4) is 5.75 Å². The summed E-state index contributed by atoms with van der Waals surface area (Å²) in [5, 5.41) is 0. The molecule has 0 aromatic heterocycles. The van der Waals surface area contributed by atoms with E-state index in [-0.39, 0.29) is 17.9 Å². The molecule has 0 amide bonds. The Bertz CT molecular complexity index is 368. The molecule has 0 fully saturated rings. The smallest absolute Gasteiger partial charge is 0.183 e. The van der Waals surface area contributed by atoms with Gasteiger partial charge >= 0.3 is 0 Å². The topological polar surface area (TPSA) is 52.3 Å². The lowest BCUT2D eigenvalue weighted by Crippen LogP contribution is -2.16. The van der Waals surface area contributed by atoms with E-state index in [2.05, 4.69) is 15.9 Å². The maximum atomic E-state index is 13.3. The van der Waals surface area contributed by atoms with Crippen LogP contribution in [0.15, 0.2) is 16.6 Å². The summed E-state index contributed by atoms with van der Waals surface area (Å²) in [4.78, 5) is 11.3. The van der Waals surface area contributed by atoms with Gasteiger partial charge in [-0.1, -0.05) is 0 Å². The fourth-order valence-corrected chi connectivity index (χ4v) is 1.59.